The third-order valence-corrected chi connectivity index (χ3v) is 4.07. The first-order valence-electron chi connectivity index (χ1n) is 8.84. The van der Waals surface area contributed by atoms with Gasteiger partial charge in [0.15, 0.2) is 0 Å². The van der Waals surface area contributed by atoms with Gasteiger partial charge in [0.25, 0.3) is 0 Å². The van der Waals surface area contributed by atoms with Crippen molar-refractivity contribution in [2.75, 3.05) is 0 Å². The van der Waals surface area contributed by atoms with Gasteiger partial charge in [-0.15, -0.1) is 0 Å². The molecule has 2 nitrogen and oxygen atoms in total. The van der Waals surface area contributed by atoms with Crippen LogP contribution in [0.2, 0.25) is 0 Å². The Morgan fingerprint density at radius 2 is 1.46 bits per heavy atom. The molecule has 2 N–H and O–H groups in total. The second-order valence-electron chi connectivity index (χ2n) is 8.52. The minimum atomic E-state index is 0.213. The number of hydrogen-bond acceptors (Lipinski definition) is 1. The van der Waals surface area contributed by atoms with Crippen LogP contribution in [0.25, 0.3) is 0 Å². The van der Waals surface area contributed by atoms with Crippen molar-refractivity contribution in [1.29, 1.82) is 0 Å². The van der Waals surface area contributed by atoms with E-state index < -0.39 is 0 Å². The average molecular weight is 327 g/mol. The van der Waals surface area contributed by atoms with Crippen molar-refractivity contribution >= 4 is 0 Å². The lowest BCUT2D eigenvalue weighted by molar-refractivity contribution is -0.737. The molecule has 0 spiro atoms. The Morgan fingerprint density at radius 3 is 2.12 bits per heavy atom. The zero-order valence-corrected chi connectivity index (χ0v) is 15.8. The maximum atomic E-state index is 6.07. The lowest BCUT2D eigenvalue weighted by Crippen LogP contribution is -2.94. The molecule has 0 radical (unpaired) electrons. The molecule has 0 aliphatic carbocycles. The Morgan fingerprint density at radius 1 is 0.833 bits per heavy atom. The average Bonchev–Trinajstić information content (AvgIpc) is 2.50. The predicted octanol–water partition coefficient (Wildman–Crippen LogP) is 4.54. The highest BCUT2D eigenvalue weighted by Crippen LogP contribution is 2.25. The summed E-state index contributed by atoms with van der Waals surface area (Å²) < 4.78 is 6.07. The highest BCUT2D eigenvalue weighted by atomic mass is 16.5. The van der Waals surface area contributed by atoms with Gasteiger partial charge >= 0.3 is 0 Å². The molecule has 0 unspecified atom stereocenters. The van der Waals surface area contributed by atoms with E-state index in [-0.39, 0.29) is 5.54 Å². The van der Waals surface area contributed by atoms with Gasteiger partial charge in [0.2, 0.25) is 0 Å². The van der Waals surface area contributed by atoms with Crippen LogP contribution in [-0.2, 0) is 13.2 Å². The minimum Gasteiger partial charge on any atom is -0.488 e. The van der Waals surface area contributed by atoms with E-state index in [9.17, 15) is 0 Å². The van der Waals surface area contributed by atoms with E-state index in [4.69, 9.17) is 4.74 Å². The van der Waals surface area contributed by atoms with Crippen LogP contribution >= 0.6 is 0 Å². The second kappa shape index (κ2) is 7.85. The lowest BCUT2D eigenvalue weighted by atomic mass is 9.82. The van der Waals surface area contributed by atoms with Gasteiger partial charge in [-0.05, 0) is 37.0 Å². The summed E-state index contributed by atoms with van der Waals surface area (Å²) >= 11 is 0. The SMILES string of the molecule is CC(C)(C)CC(C)(C)[NH2+]Cc1ccccc1OCc1ccccc1. The van der Waals surface area contributed by atoms with Crippen LogP contribution in [0.1, 0.15) is 52.2 Å². The van der Waals surface area contributed by atoms with E-state index in [0.717, 1.165) is 12.3 Å². The third kappa shape index (κ3) is 6.37. The molecule has 0 saturated heterocycles. The van der Waals surface area contributed by atoms with Crippen molar-refractivity contribution in [2.24, 2.45) is 5.41 Å². The number of benzene rings is 2. The molecule has 0 saturated carbocycles. The van der Waals surface area contributed by atoms with Gasteiger partial charge in [0.1, 0.15) is 18.9 Å². The summed E-state index contributed by atoms with van der Waals surface area (Å²) in [6.07, 6.45) is 1.17. The lowest BCUT2D eigenvalue weighted by Gasteiger charge is -2.30. The van der Waals surface area contributed by atoms with E-state index >= 15 is 0 Å². The van der Waals surface area contributed by atoms with Crippen molar-refractivity contribution in [1.82, 2.24) is 0 Å². The standard InChI is InChI=1S/C22H31NO/c1-21(2,3)17-22(4,5)23-15-19-13-9-10-14-20(19)24-16-18-11-7-6-8-12-18/h6-14,23H,15-17H2,1-5H3/p+1. The van der Waals surface area contributed by atoms with E-state index in [2.05, 4.69) is 70.3 Å². The molecular weight excluding hydrogens is 294 g/mol. The highest BCUT2D eigenvalue weighted by molar-refractivity contribution is 5.32. The molecule has 0 atom stereocenters. The number of hydrogen-bond donors (Lipinski definition) is 1. The topological polar surface area (TPSA) is 25.8 Å². The summed E-state index contributed by atoms with van der Waals surface area (Å²) in [7, 11) is 0. The summed E-state index contributed by atoms with van der Waals surface area (Å²) in [6, 6.07) is 18.7. The third-order valence-electron chi connectivity index (χ3n) is 4.07. The van der Waals surface area contributed by atoms with Crippen molar-refractivity contribution in [2.45, 2.75) is 59.7 Å². The first kappa shape index (κ1) is 18.5. The van der Waals surface area contributed by atoms with Crippen LogP contribution in [0.3, 0.4) is 0 Å². The predicted molar refractivity (Wildman–Crippen MR) is 101 cm³/mol. The number of rotatable bonds is 7. The van der Waals surface area contributed by atoms with Gasteiger partial charge < -0.3 is 10.1 Å². The van der Waals surface area contributed by atoms with Gasteiger partial charge in [0.05, 0.1) is 5.54 Å². The summed E-state index contributed by atoms with van der Waals surface area (Å²) in [5.74, 6) is 0.990. The number of ether oxygens (including phenoxy) is 1. The molecule has 2 aromatic rings. The maximum absolute atomic E-state index is 6.07. The quantitative estimate of drug-likeness (QED) is 0.794. The van der Waals surface area contributed by atoms with Gasteiger partial charge in [0, 0.05) is 12.0 Å². The van der Waals surface area contributed by atoms with Crippen LogP contribution in [-0.4, -0.2) is 5.54 Å². The summed E-state index contributed by atoms with van der Waals surface area (Å²) in [5.41, 5.74) is 3.01. The van der Waals surface area contributed by atoms with E-state index in [1.165, 1.54) is 17.5 Å². The Bertz CT molecular complexity index is 626. The molecule has 2 aromatic carbocycles. The van der Waals surface area contributed by atoms with Gasteiger partial charge in [-0.2, -0.15) is 0 Å². The van der Waals surface area contributed by atoms with E-state index in [1.807, 2.05) is 24.3 Å². The number of quaternary nitrogens is 1. The van der Waals surface area contributed by atoms with Gasteiger partial charge in [-0.25, -0.2) is 0 Å². The Balaban J connectivity index is 1.98. The summed E-state index contributed by atoms with van der Waals surface area (Å²) in [6.45, 7) is 13.1. The molecule has 0 aliphatic rings. The van der Waals surface area contributed by atoms with Crippen molar-refractivity contribution in [3.05, 3.63) is 65.7 Å². The molecule has 0 bridgehead atoms. The van der Waals surface area contributed by atoms with Crippen LogP contribution in [0, 0.1) is 5.41 Å². The second-order valence-corrected chi connectivity index (χ2v) is 8.52. The van der Waals surface area contributed by atoms with Crippen molar-refractivity contribution in [3.8, 4) is 5.75 Å². The molecule has 0 aliphatic heterocycles. The van der Waals surface area contributed by atoms with Crippen LogP contribution in [0.4, 0.5) is 0 Å². The monoisotopic (exact) mass is 326 g/mol. The fourth-order valence-electron chi connectivity index (χ4n) is 3.37. The molecule has 0 fully saturated rings. The number of para-hydroxylation sites is 1. The molecular formula is C22H32NO+. The highest BCUT2D eigenvalue weighted by Gasteiger charge is 2.28. The largest absolute Gasteiger partial charge is 0.488 e. The first-order chi connectivity index (χ1) is 11.3. The van der Waals surface area contributed by atoms with Gasteiger partial charge in [-0.3, -0.25) is 0 Å². The molecule has 24 heavy (non-hydrogen) atoms. The summed E-state index contributed by atoms with van der Waals surface area (Å²) in [5, 5.41) is 2.43. The van der Waals surface area contributed by atoms with E-state index in [1.54, 1.807) is 0 Å². The van der Waals surface area contributed by atoms with E-state index in [0.29, 0.717) is 12.0 Å². The van der Waals surface area contributed by atoms with Crippen molar-refractivity contribution in [3.63, 3.8) is 0 Å². The smallest absolute Gasteiger partial charge is 0.128 e. The molecule has 0 aromatic heterocycles. The zero-order valence-electron chi connectivity index (χ0n) is 15.8. The van der Waals surface area contributed by atoms with Crippen molar-refractivity contribution < 1.29 is 10.1 Å². The molecule has 0 heterocycles. The van der Waals surface area contributed by atoms with Crippen LogP contribution in [0.15, 0.2) is 54.6 Å². The summed E-state index contributed by atoms with van der Waals surface area (Å²) in [4.78, 5) is 0. The molecule has 2 rings (SSSR count). The Labute approximate surface area is 147 Å². The Hall–Kier alpha value is -1.80. The molecule has 130 valence electrons. The fraction of sp³-hybridized carbons (Fsp3) is 0.455. The Kier molecular flexibility index (Phi) is 6.06. The molecule has 0 amide bonds. The minimum absolute atomic E-state index is 0.213. The zero-order chi connectivity index (χ0) is 17.6. The number of nitrogens with two attached hydrogens (primary N) is 1. The molecule has 2 heteroatoms. The fourth-order valence-corrected chi connectivity index (χ4v) is 3.37. The van der Waals surface area contributed by atoms with Crippen LogP contribution < -0.4 is 10.1 Å². The van der Waals surface area contributed by atoms with Crippen LogP contribution in [0.5, 0.6) is 5.75 Å². The first-order valence-corrected chi connectivity index (χ1v) is 8.84. The van der Waals surface area contributed by atoms with Gasteiger partial charge in [-0.1, -0.05) is 63.2 Å². The normalized spacial score (nSPS) is 12.2. The maximum Gasteiger partial charge on any atom is 0.128 e.